The first kappa shape index (κ1) is 13.8. The fourth-order valence-electron chi connectivity index (χ4n) is 3.54. The second-order valence-electron chi connectivity index (χ2n) is 7.23. The van der Waals surface area contributed by atoms with Crippen molar-refractivity contribution in [3.8, 4) is 6.07 Å². The molecule has 1 unspecified atom stereocenters. The lowest BCUT2D eigenvalue weighted by Gasteiger charge is -2.40. The van der Waals surface area contributed by atoms with Gasteiger partial charge in [-0.15, -0.1) is 0 Å². The van der Waals surface area contributed by atoms with E-state index in [4.69, 9.17) is 0 Å². The second kappa shape index (κ2) is 4.47. The van der Waals surface area contributed by atoms with Crippen molar-refractivity contribution in [3.63, 3.8) is 0 Å². The van der Waals surface area contributed by atoms with E-state index < -0.39 is 5.92 Å². The molecule has 2 aliphatic rings. The molecule has 1 nitrogen and oxygen atoms in total. The van der Waals surface area contributed by atoms with Crippen LogP contribution < -0.4 is 0 Å². The average molecular weight is 255 g/mol. The van der Waals surface area contributed by atoms with Gasteiger partial charge in [-0.05, 0) is 49.9 Å². The van der Waals surface area contributed by atoms with Gasteiger partial charge in [-0.1, -0.05) is 13.8 Å². The van der Waals surface area contributed by atoms with Crippen LogP contribution in [-0.4, -0.2) is 5.92 Å². The first-order chi connectivity index (χ1) is 8.26. The predicted molar refractivity (Wildman–Crippen MR) is 67.2 cm³/mol. The number of hydrogen-bond donors (Lipinski definition) is 0. The zero-order valence-electron chi connectivity index (χ0n) is 11.4. The third-order valence-electron chi connectivity index (χ3n) is 4.98. The molecule has 0 radical (unpaired) electrons. The number of alkyl halides is 2. The molecule has 0 heterocycles. The van der Waals surface area contributed by atoms with Crippen molar-refractivity contribution in [2.75, 3.05) is 0 Å². The molecule has 0 aromatic heterocycles. The molecule has 0 N–H and O–H groups in total. The zero-order chi connectivity index (χ0) is 13.4. The van der Waals surface area contributed by atoms with Crippen LogP contribution in [0.5, 0.6) is 0 Å². The largest absolute Gasteiger partial charge is 0.248 e. The van der Waals surface area contributed by atoms with E-state index in [1.807, 2.05) is 0 Å². The van der Waals surface area contributed by atoms with Gasteiger partial charge in [0.15, 0.2) is 0 Å². The normalized spacial score (nSPS) is 32.9. The van der Waals surface area contributed by atoms with Crippen molar-refractivity contribution in [2.45, 2.75) is 71.1 Å². The summed E-state index contributed by atoms with van der Waals surface area (Å²) in [5.41, 5.74) is 0.000566. The van der Waals surface area contributed by atoms with Gasteiger partial charge < -0.3 is 0 Å². The molecule has 0 aliphatic heterocycles. The first-order valence-corrected chi connectivity index (χ1v) is 7.05. The van der Waals surface area contributed by atoms with Crippen molar-refractivity contribution in [2.24, 2.45) is 16.7 Å². The van der Waals surface area contributed by atoms with Gasteiger partial charge in [-0.3, -0.25) is 0 Å². The minimum atomic E-state index is -2.48. The third-order valence-corrected chi connectivity index (χ3v) is 4.98. The summed E-state index contributed by atoms with van der Waals surface area (Å²) in [6.45, 7) is 4.47. The van der Waals surface area contributed by atoms with Gasteiger partial charge in [0.25, 0.3) is 0 Å². The topological polar surface area (TPSA) is 23.8 Å². The van der Waals surface area contributed by atoms with Crippen molar-refractivity contribution in [1.29, 1.82) is 5.26 Å². The molecular formula is C15H23F2N. The predicted octanol–water partition coefficient (Wildman–Crippen LogP) is 4.92. The van der Waals surface area contributed by atoms with E-state index >= 15 is 0 Å². The Hall–Kier alpha value is -0.650. The molecule has 0 aromatic rings. The lowest BCUT2D eigenvalue weighted by molar-refractivity contribution is 0.00213. The highest BCUT2D eigenvalue weighted by atomic mass is 19.3. The summed E-state index contributed by atoms with van der Waals surface area (Å²) in [7, 11) is 0. The Balaban J connectivity index is 1.97. The van der Waals surface area contributed by atoms with Crippen molar-refractivity contribution >= 4 is 0 Å². The van der Waals surface area contributed by atoms with Crippen LogP contribution in [0.4, 0.5) is 8.78 Å². The van der Waals surface area contributed by atoms with Gasteiger partial charge in [0, 0.05) is 12.8 Å². The summed E-state index contributed by atoms with van der Waals surface area (Å²) in [4.78, 5) is 0. The number of nitriles is 1. The van der Waals surface area contributed by atoms with E-state index in [9.17, 15) is 14.0 Å². The summed E-state index contributed by atoms with van der Waals surface area (Å²) in [6.07, 6.45) is 5.17. The molecule has 2 rings (SSSR count). The van der Waals surface area contributed by atoms with Crippen molar-refractivity contribution in [3.05, 3.63) is 0 Å². The molecule has 18 heavy (non-hydrogen) atoms. The maximum Gasteiger partial charge on any atom is 0.248 e. The molecule has 0 spiro atoms. The molecule has 102 valence electrons. The minimum absolute atomic E-state index is 0.000176. The molecule has 2 saturated carbocycles. The molecule has 2 aliphatic carbocycles. The highest BCUT2D eigenvalue weighted by molar-refractivity contribution is 5.04. The SMILES string of the molecule is CC1(C)CCC(C#N)(CC2CCC(F)(F)C2)CC1. The van der Waals surface area contributed by atoms with Crippen LogP contribution in [0, 0.1) is 28.1 Å². The zero-order valence-corrected chi connectivity index (χ0v) is 11.4. The Kier molecular flexibility index (Phi) is 3.42. The lowest BCUT2D eigenvalue weighted by Crippen LogP contribution is -2.31. The fourth-order valence-corrected chi connectivity index (χ4v) is 3.54. The summed E-state index contributed by atoms with van der Waals surface area (Å²) >= 11 is 0. The standard InChI is InChI=1S/C15H23F2N/c1-13(2)5-7-14(11-18,8-6-13)9-12-3-4-15(16,17)10-12/h12H,3-10H2,1-2H3. The summed E-state index contributed by atoms with van der Waals surface area (Å²) < 4.78 is 26.4. The Labute approximate surface area is 109 Å². The van der Waals surface area contributed by atoms with E-state index in [0.717, 1.165) is 25.7 Å². The highest BCUT2D eigenvalue weighted by Gasteiger charge is 2.45. The molecule has 0 amide bonds. The van der Waals surface area contributed by atoms with E-state index in [1.54, 1.807) is 0 Å². The van der Waals surface area contributed by atoms with Gasteiger partial charge in [-0.2, -0.15) is 5.26 Å². The number of rotatable bonds is 2. The van der Waals surface area contributed by atoms with Gasteiger partial charge >= 0.3 is 0 Å². The Morgan fingerprint density at radius 2 is 1.72 bits per heavy atom. The smallest absolute Gasteiger partial charge is 0.207 e. The first-order valence-electron chi connectivity index (χ1n) is 7.05. The van der Waals surface area contributed by atoms with E-state index in [-0.39, 0.29) is 24.2 Å². The molecule has 0 bridgehead atoms. The van der Waals surface area contributed by atoms with Gasteiger partial charge in [0.1, 0.15) is 0 Å². The Morgan fingerprint density at radius 3 is 2.17 bits per heavy atom. The minimum Gasteiger partial charge on any atom is -0.207 e. The second-order valence-corrected chi connectivity index (χ2v) is 7.23. The number of hydrogen-bond acceptors (Lipinski definition) is 1. The Morgan fingerprint density at radius 1 is 1.11 bits per heavy atom. The van der Waals surface area contributed by atoms with Crippen LogP contribution in [0.3, 0.4) is 0 Å². The van der Waals surface area contributed by atoms with Crippen molar-refractivity contribution < 1.29 is 8.78 Å². The maximum absolute atomic E-state index is 13.2. The quantitative estimate of drug-likeness (QED) is 0.687. The molecule has 3 heteroatoms. The van der Waals surface area contributed by atoms with Crippen LogP contribution in [0.15, 0.2) is 0 Å². The lowest BCUT2D eigenvalue weighted by atomic mass is 9.63. The third kappa shape index (κ3) is 3.02. The molecular weight excluding hydrogens is 232 g/mol. The molecule has 0 aromatic carbocycles. The van der Waals surface area contributed by atoms with E-state index in [1.165, 1.54) is 0 Å². The van der Waals surface area contributed by atoms with Gasteiger partial charge in [0.05, 0.1) is 11.5 Å². The average Bonchev–Trinajstić information content (AvgIpc) is 2.62. The van der Waals surface area contributed by atoms with Gasteiger partial charge in [-0.25, -0.2) is 8.78 Å². The molecule has 2 fully saturated rings. The van der Waals surface area contributed by atoms with Crippen LogP contribution in [-0.2, 0) is 0 Å². The highest BCUT2D eigenvalue weighted by Crippen LogP contribution is 2.51. The van der Waals surface area contributed by atoms with E-state index in [0.29, 0.717) is 18.3 Å². The number of nitrogens with zero attached hydrogens (tertiary/aromatic N) is 1. The Bertz CT molecular complexity index is 344. The van der Waals surface area contributed by atoms with Crippen LogP contribution in [0.1, 0.15) is 65.2 Å². The van der Waals surface area contributed by atoms with Crippen molar-refractivity contribution in [1.82, 2.24) is 0 Å². The molecule has 1 atom stereocenters. The van der Waals surface area contributed by atoms with Crippen LogP contribution in [0.25, 0.3) is 0 Å². The van der Waals surface area contributed by atoms with Crippen LogP contribution in [0.2, 0.25) is 0 Å². The summed E-state index contributed by atoms with van der Waals surface area (Å²) in [5.74, 6) is -2.42. The fraction of sp³-hybridized carbons (Fsp3) is 0.933. The summed E-state index contributed by atoms with van der Waals surface area (Å²) in [5, 5.41) is 9.46. The molecule has 0 saturated heterocycles. The van der Waals surface area contributed by atoms with Gasteiger partial charge in [0.2, 0.25) is 5.92 Å². The number of halogens is 2. The van der Waals surface area contributed by atoms with Crippen LogP contribution >= 0.6 is 0 Å². The van der Waals surface area contributed by atoms with E-state index in [2.05, 4.69) is 19.9 Å². The maximum atomic E-state index is 13.2. The summed E-state index contributed by atoms with van der Waals surface area (Å²) in [6, 6.07) is 2.46. The monoisotopic (exact) mass is 255 g/mol.